The first kappa shape index (κ1) is 11.7. The molecule has 1 fully saturated rings. The average molecular weight is 217 g/mol. The maximum absolute atomic E-state index is 6.43. The van der Waals surface area contributed by atoms with Gasteiger partial charge in [-0.3, -0.25) is 0 Å². The van der Waals surface area contributed by atoms with Crippen molar-refractivity contribution in [2.75, 3.05) is 0 Å². The Morgan fingerprint density at radius 3 is 2.69 bits per heavy atom. The zero-order valence-corrected chi connectivity index (χ0v) is 10.4. The number of benzene rings is 1. The third-order valence-corrected chi connectivity index (χ3v) is 4.03. The smallest absolute Gasteiger partial charge is 0.0326 e. The molecule has 3 atom stereocenters. The molecule has 0 aliphatic heterocycles. The van der Waals surface area contributed by atoms with Crippen molar-refractivity contribution >= 4 is 0 Å². The van der Waals surface area contributed by atoms with Gasteiger partial charge in [0.05, 0.1) is 0 Å². The predicted octanol–water partition coefficient (Wildman–Crippen LogP) is 3.82. The lowest BCUT2D eigenvalue weighted by atomic mass is 9.76. The van der Waals surface area contributed by atoms with Gasteiger partial charge in [0.1, 0.15) is 0 Å². The van der Waals surface area contributed by atoms with Crippen molar-refractivity contribution in [1.29, 1.82) is 0 Å². The molecule has 1 aromatic rings. The summed E-state index contributed by atoms with van der Waals surface area (Å²) in [6, 6.07) is 8.80. The summed E-state index contributed by atoms with van der Waals surface area (Å²) in [4.78, 5) is 0. The second-order valence-corrected chi connectivity index (χ2v) is 5.41. The monoisotopic (exact) mass is 217 g/mol. The molecule has 0 saturated heterocycles. The molecule has 0 bridgehead atoms. The Labute approximate surface area is 99.0 Å². The van der Waals surface area contributed by atoms with Gasteiger partial charge < -0.3 is 5.73 Å². The lowest BCUT2D eigenvalue weighted by molar-refractivity contribution is 0.247. The summed E-state index contributed by atoms with van der Waals surface area (Å²) in [6.07, 6.45) is 5.34. The third-order valence-electron chi connectivity index (χ3n) is 4.03. The van der Waals surface area contributed by atoms with Crippen molar-refractivity contribution < 1.29 is 0 Å². The van der Waals surface area contributed by atoms with Crippen LogP contribution in [0.25, 0.3) is 0 Å². The van der Waals surface area contributed by atoms with E-state index >= 15 is 0 Å². The third kappa shape index (κ3) is 2.46. The molecule has 0 heterocycles. The summed E-state index contributed by atoms with van der Waals surface area (Å²) in [7, 11) is 0. The highest BCUT2D eigenvalue weighted by Crippen LogP contribution is 2.36. The van der Waals surface area contributed by atoms with Crippen LogP contribution in [0.5, 0.6) is 0 Å². The van der Waals surface area contributed by atoms with Crippen LogP contribution in [0.1, 0.15) is 49.8 Å². The molecule has 0 spiro atoms. The quantitative estimate of drug-likeness (QED) is 0.800. The van der Waals surface area contributed by atoms with E-state index in [9.17, 15) is 0 Å². The van der Waals surface area contributed by atoms with Crippen molar-refractivity contribution in [3.63, 3.8) is 0 Å². The van der Waals surface area contributed by atoms with Crippen molar-refractivity contribution in [3.8, 4) is 0 Å². The van der Waals surface area contributed by atoms with Crippen molar-refractivity contribution in [2.45, 2.75) is 45.6 Å². The molecule has 1 heteroatoms. The summed E-state index contributed by atoms with van der Waals surface area (Å²) in [6.45, 7) is 4.53. The maximum atomic E-state index is 6.43. The fraction of sp³-hybridized carbons (Fsp3) is 0.600. The van der Waals surface area contributed by atoms with Gasteiger partial charge in [-0.1, -0.05) is 44.0 Å². The van der Waals surface area contributed by atoms with E-state index in [0.717, 1.165) is 5.92 Å². The number of rotatable bonds is 2. The molecule has 16 heavy (non-hydrogen) atoms. The Kier molecular flexibility index (Phi) is 3.65. The second kappa shape index (κ2) is 5.01. The molecule has 2 rings (SSSR count). The average Bonchev–Trinajstić information content (AvgIpc) is 2.29. The summed E-state index contributed by atoms with van der Waals surface area (Å²) < 4.78 is 0. The van der Waals surface area contributed by atoms with Crippen LogP contribution in [0.2, 0.25) is 0 Å². The van der Waals surface area contributed by atoms with Gasteiger partial charge in [-0.2, -0.15) is 0 Å². The Bertz CT molecular complexity index is 345. The van der Waals surface area contributed by atoms with Crippen LogP contribution in [0.4, 0.5) is 0 Å². The van der Waals surface area contributed by atoms with Crippen LogP contribution in [-0.2, 0) is 0 Å². The Hall–Kier alpha value is -0.820. The molecule has 1 aliphatic rings. The largest absolute Gasteiger partial charge is 0.324 e. The summed E-state index contributed by atoms with van der Waals surface area (Å²) in [5, 5.41) is 0. The van der Waals surface area contributed by atoms with Gasteiger partial charge in [0.2, 0.25) is 0 Å². The fourth-order valence-corrected chi connectivity index (χ4v) is 3.02. The fourth-order valence-electron chi connectivity index (χ4n) is 3.02. The minimum absolute atomic E-state index is 0.240. The molecule has 1 aliphatic carbocycles. The van der Waals surface area contributed by atoms with Gasteiger partial charge in [0.15, 0.2) is 0 Å². The first-order valence-electron chi connectivity index (χ1n) is 6.49. The zero-order chi connectivity index (χ0) is 11.5. The van der Waals surface area contributed by atoms with E-state index in [4.69, 9.17) is 5.73 Å². The molecule has 88 valence electrons. The molecule has 0 radical (unpaired) electrons. The van der Waals surface area contributed by atoms with E-state index < -0.39 is 0 Å². The number of hydrogen-bond donors (Lipinski definition) is 1. The molecule has 1 nitrogen and oxygen atoms in total. The van der Waals surface area contributed by atoms with Gasteiger partial charge in [0, 0.05) is 6.04 Å². The van der Waals surface area contributed by atoms with E-state index in [1.807, 2.05) is 0 Å². The highest BCUT2D eigenvalue weighted by molar-refractivity contribution is 5.29. The highest BCUT2D eigenvalue weighted by Gasteiger charge is 2.25. The van der Waals surface area contributed by atoms with Crippen molar-refractivity contribution in [3.05, 3.63) is 35.4 Å². The number of aryl methyl sites for hydroxylation is 1. The van der Waals surface area contributed by atoms with Crippen LogP contribution in [0, 0.1) is 18.8 Å². The van der Waals surface area contributed by atoms with Crippen molar-refractivity contribution in [2.24, 2.45) is 17.6 Å². The molecule has 1 aromatic carbocycles. The minimum atomic E-state index is 0.240. The molecular weight excluding hydrogens is 194 g/mol. The van der Waals surface area contributed by atoms with Crippen LogP contribution in [0.3, 0.4) is 0 Å². The van der Waals surface area contributed by atoms with Crippen LogP contribution in [-0.4, -0.2) is 0 Å². The van der Waals surface area contributed by atoms with Crippen LogP contribution in [0.15, 0.2) is 24.3 Å². The Balaban J connectivity index is 2.12. The van der Waals surface area contributed by atoms with E-state index in [2.05, 4.69) is 38.1 Å². The zero-order valence-electron chi connectivity index (χ0n) is 10.4. The lowest BCUT2D eigenvalue weighted by Crippen LogP contribution is -2.26. The first-order chi connectivity index (χ1) is 7.68. The van der Waals surface area contributed by atoms with Crippen LogP contribution < -0.4 is 5.73 Å². The summed E-state index contributed by atoms with van der Waals surface area (Å²) >= 11 is 0. The van der Waals surface area contributed by atoms with Crippen LogP contribution >= 0.6 is 0 Å². The maximum Gasteiger partial charge on any atom is 0.0326 e. The van der Waals surface area contributed by atoms with Gasteiger partial charge in [-0.15, -0.1) is 0 Å². The Morgan fingerprint density at radius 2 is 2.00 bits per heavy atom. The van der Waals surface area contributed by atoms with Gasteiger partial charge in [-0.05, 0) is 42.7 Å². The topological polar surface area (TPSA) is 26.0 Å². The number of nitrogens with two attached hydrogens (primary N) is 1. The molecule has 2 N–H and O–H groups in total. The number of hydrogen-bond acceptors (Lipinski definition) is 1. The highest BCUT2D eigenvalue weighted by atomic mass is 14.7. The van der Waals surface area contributed by atoms with E-state index in [-0.39, 0.29) is 6.04 Å². The van der Waals surface area contributed by atoms with Gasteiger partial charge in [0.25, 0.3) is 0 Å². The Morgan fingerprint density at radius 1 is 1.25 bits per heavy atom. The normalized spacial score (nSPS) is 27.7. The van der Waals surface area contributed by atoms with E-state index in [0.29, 0.717) is 5.92 Å². The van der Waals surface area contributed by atoms with Gasteiger partial charge >= 0.3 is 0 Å². The first-order valence-corrected chi connectivity index (χ1v) is 6.49. The molecular formula is C15H23N. The molecule has 0 aromatic heterocycles. The SMILES string of the molecule is Cc1ccccc1[C@H](N)[C@@H]1CCC[C@H](C)C1. The molecule has 1 saturated carbocycles. The summed E-state index contributed by atoms with van der Waals surface area (Å²) in [5.41, 5.74) is 9.12. The van der Waals surface area contributed by atoms with Gasteiger partial charge in [-0.25, -0.2) is 0 Å². The van der Waals surface area contributed by atoms with E-state index in [1.54, 1.807) is 0 Å². The standard InChI is InChI=1S/C15H23N/c1-11-6-5-8-13(10-11)15(16)14-9-4-3-7-12(14)2/h3-4,7,9,11,13,15H,5-6,8,10,16H2,1-2H3/t11-,13+,15+/m0/s1. The minimum Gasteiger partial charge on any atom is -0.324 e. The molecule has 0 unspecified atom stereocenters. The predicted molar refractivity (Wildman–Crippen MR) is 69.2 cm³/mol. The van der Waals surface area contributed by atoms with E-state index in [1.165, 1.54) is 36.8 Å². The summed E-state index contributed by atoms with van der Waals surface area (Å²) in [5.74, 6) is 1.54. The van der Waals surface area contributed by atoms with Crippen molar-refractivity contribution in [1.82, 2.24) is 0 Å². The molecule has 0 amide bonds. The second-order valence-electron chi connectivity index (χ2n) is 5.41. The lowest BCUT2D eigenvalue weighted by Gasteiger charge is -2.32.